The summed E-state index contributed by atoms with van der Waals surface area (Å²) in [5.74, 6) is 0.238. The standard InChI is InChI=1S/C19H23FO/c1-4-19(21,17-9-6-10-18(20)13-17)16-8-5-7-15(12-16)11-14(2)3/h5-10,12-14,21H,4,11H2,1-3H3. The molecule has 21 heavy (non-hydrogen) atoms. The number of halogens is 1. The van der Waals surface area contributed by atoms with Crippen molar-refractivity contribution in [2.24, 2.45) is 5.92 Å². The third-order valence-corrected chi connectivity index (χ3v) is 3.86. The average molecular weight is 286 g/mol. The summed E-state index contributed by atoms with van der Waals surface area (Å²) >= 11 is 0. The van der Waals surface area contributed by atoms with E-state index in [9.17, 15) is 9.50 Å². The second kappa shape index (κ2) is 6.40. The van der Waals surface area contributed by atoms with Crippen molar-refractivity contribution >= 4 is 0 Å². The van der Waals surface area contributed by atoms with Gasteiger partial charge < -0.3 is 5.11 Å². The molecule has 112 valence electrons. The molecule has 1 atom stereocenters. The fourth-order valence-corrected chi connectivity index (χ4v) is 2.75. The van der Waals surface area contributed by atoms with Crippen LogP contribution < -0.4 is 0 Å². The Morgan fingerprint density at radius 1 is 1.05 bits per heavy atom. The molecule has 1 unspecified atom stereocenters. The van der Waals surface area contributed by atoms with Gasteiger partial charge >= 0.3 is 0 Å². The van der Waals surface area contributed by atoms with Gasteiger partial charge in [-0.25, -0.2) is 4.39 Å². The van der Waals surface area contributed by atoms with Gasteiger partial charge in [-0.05, 0) is 47.6 Å². The van der Waals surface area contributed by atoms with Gasteiger partial charge in [0.05, 0.1) is 0 Å². The minimum Gasteiger partial charge on any atom is -0.380 e. The van der Waals surface area contributed by atoms with Crippen LogP contribution in [0.5, 0.6) is 0 Å². The van der Waals surface area contributed by atoms with Crippen LogP contribution in [0.15, 0.2) is 48.5 Å². The molecular weight excluding hydrogens is 263 g/mol. The zero-order chi connectivity index (χ0) is 15.5. The molecule has 1 N–H and O–H groups in total. The van der Waals surface area contributed by atoms with Gasteiger partial charge in [-0.3, -0.25) is 0 Å². The molecule has 2 heteroatoms. The van der Waals surface area contributed by atoms with E-state index in [0.29, 0.717) is 17.9 Å². The number of aliphatic hydroxyl groups is 1. The molecule has 2 aromatic rings. The molecule has 0 radical (unpaired) electrons. The fraction of sp³-hybridized carbons (Fsp3) is 0.368. The SMILES string of the molecule is CCC(O)(c1cccc(F)c1)c1cccc(CC(C)C)c1. The Morgan fingerprint density at radius 3 is 2.24 bits per heavy atom. The molecule has 0 fully saturated rings. The molecule has 0 aliphatic rings. The van der Waals surface area contributed by atoms with Gasteiger partial charge in [-0.2, -0.15) is 0 Å². The zero-order valence-electron chi connectivity index (χ0n) is 12.9. The van der Waals surface area contributed by atoms with Crippen molar-refractivity contribution in [3.05, 3.63) is 71.0 Å². The van der Waals surface area contributed by atoms with E-state index in [0.717, 1.165) is 12.0 Å². The Kier molecular flexibility index (Phi) is 4.79. The highest BCUT2D eigenvalue weighted by Gasteiger charge is 2.30. The molecule has 0 bridgehead atoms. The van der Waals surface area contributed by atoms with Gasteiger partial charge in [0.15, 0.2) is 0 Å². The fourth-order valence-electron chi connectivity index (χ4n) is 2.75. The Morgan fingerprint density at radius 2 is 1.67 bits per heavy atom. The molecule has 1 nitrogen and oxygen atoms in total. The van der Waals surface area contributed by atoms with Crippen LogP contribution in [0.1, 0.15) is 43.9 Å². The predicted octanol–water partition coefficient (Wildman–Crippen LogP) is 4.67. The first-order valence-electron chi connectivity index (χ1n) is 7.53. The average Bonchev–Trinajstić information content (AvgIpc) is 2.46. The van der Waals surface area contributed by atoms with Crippen LogP contribution in [0.25, 0.3) is 0 Å². The summed E-state index contributed by atoms with van der Waals surface area (Å²) in [5, 5.41) is 11.1. The summed E-state index contributed by atoms with van der Waals surface area (Å²) in [6.07, 6.45) is 1.47. The van der Waals surface area contributed by atoms with Gasteiger partial charge in [0, 0.05) is 0 Å². The Bertz CT molecular complexity index is 606. The Labute approximate surface area is 126 Å². The molecular formula is C19H23FO. The quantitative estimate of drug-likeness (QED) is 0.847. The lowest BCUT2D eigenvalue weighted by Gasteiger charge is -2.28. The molecule has 0 aliphatic carbocycles. The summed E-state index contributed by atoms with van der Waals surface area (Å²) in [6.45, 7) is 6.26. The van der Waals surface area contributed by atoms with Crippen molar-refractivity contribution in [2.75, 3.05) is 0 Å². The summed E-state index contributed by atoms with van der Waals surface area (Å²) in [4.78, 5) is 0. The second-order valence-electron chi connectivity index (χ2n) is 6.02. The molecule has 0 spiro atoms. The van der Waals surface area contributed by atoms with E-state index in [1.807, 2.05) is 25.1 Å². The lowest BCUT2D eigenvalue weighted by molar-refractivity contribution is 0.0761. The van der Waals surface area contributed by atoms with Crippen LogP contribution in [-0.4, -0.2) is 5.11 Å². The number of rotatable bonds is 5. The van der Waals surface area contributed by atoms with Crippen LogP contribution in [0.3, 0.4) is 0 Å². The molecule has 0 amide bonds. The largest absolute Gasteiger partial charge is 0.380 e. The third kappa shape index (κ3) is 3.51. The molecule has 0 heterocycles. The number of hydrogen-bond donors (Lipinski definition) is 1. The summed E-state index contributed by atoms with van der Waals surface area (Å²) in [7, 11) is 0. The first kappa shape index (κ1) is 15.7. The van der Waals surface area contributed by atoms with Crippen LogP contribution >= 0.6 is 0 Å². The molecule has 0 saturated carbocycles. The maximum Gasteiger partial charge on any atom is 0.123 e. The van der Waals surface area contributed by atoms with Crippen LogP contribution in [-0.2, 0) is 12.0 Å². The van der Waals surface area contributed by atoms with E-state index in [1.165, 1.54) is 17.7 Å². The van der Waals surface area contributed by atoms with E-state index in [2.05, 4.69) is 19.9 Å². The summed E-state index contributed by atoms with van der Waals surface area (Å²) in [5.41, 5.74) is 1.49. The minimum atomic E-state index is -1.14. The zero-order valence-corrected chi connectivity index (χ0v) is 12.9. The Balaban J connectivity index is 2.45. The van der Waals surface area contributed by atoms with E-state index in [1.54, 1.807) is 12.1 Å². The summed E-state index contributed by atoms with van der Waals surface area (Å²) in [6, 6.07) is 14.2. The van der Waals surface area contributed by atoms with Crippen molar-refractivity contribution < 1.29 is 9.50 Å². The molecule has 0 saturated heterocycles. The van der Waals surface area contributed by atoms with Crippen molar-refractivity contribution in [3.63, 3.8) is 0 Å². The third-order valence-electron chi connectivity index (χ3n) is 3.86. The van der Waals surface area contributed by atoms with Crippen LogP contribution in [0.4, 0.5) is 4.39 Å². The van der Waals surface area contributed by atoms with Gasteiger partial charge in [0.2, 0.25) is 0 Å². The summed E-state index contributed by atoms with van der Waals surface area (Å²) < 4.78 is 13.5. The van der Waals surface area contributed by atoms with E-state index >= 15 is 0 Å². The van der Waals surface area contributed by atoms with Crippen molar-refractivity contribution in [1.29, 1.82) is 0 Å². The second-order valence-corrected chi connectivity index (χ2v) is 6.02. The van der Waals surface area contributed by atoms with Crippen molar-refractivity contribution in [3.8, 4) is 0 Å². The number of hydrogen-bond acceptors (Lipinski definition) is 1. The predicted molar refractivity (Wildman–Crippen MR) is 84.7 cm³/mol. The van der Waals surface area contributed by atoms with Gasteiger partial charge in [-0.1, -0.05) is 57.2 Å². The van der Waals surface area contributed by atoms with Gasteiger partial charge in [-0.15, -0.1) is 0 Å². The molecule has 2 aromatic carbocycles. The van der Waals surface area contributed by atoms with E-state index in [-0.39, 0.29) is 5.82 Å². The highest BCUT2D eigenvalue weighted by atomic mass is 19.1. The first-order chi connectivity index (χ1) is 9.95. The van der Waals surface area contributed by atoms with Crippen LogP contribution in [0.2, 0.25) is 0 Å². The monoisotopic (exact) mass is 286 g/mol. The normalized spacial score (nSPS) is 14.2. The van der Waals surface area contributed by atoms with Crippen molar-refractivity contribution in [1.82, 2.24) is 0 Å². The van der Waals surface area contributed by atoms with Crippen LogP contribution in [0, 0.1) is 11.7 Å². The number of benzene rings is 2. The highest BCUT2D eigenvalue weighted by Crippen LogP contribution is 2.33. The molecule has 0 aromatic heterocycles. The van der Waals surface area contributed by atoms with E-state index in [4.69, 9.17) is 0 Å². The smallest absolute Gasteiger partial charge is 0.123 e. The Hall–Kier alpha value is -1.67. The van der Waals surface area contributed by atoms with Crippen molar-refractivity contribution in [2.45, 2.75) is 39.2 Å². The lowest BCUT2D eigenvalue weighted by Crippen LogP contribution is -2.26. The maximum atomic E-state index is 13.5. The molecule has 0 aliphatic heterocycles. The first-order valence-corrected chi connectivity index (χ1v) is 7.53. The maximum absolute atomic E-state index is 13.5. The molecule has 2 rings (SSSR count). The highest BCUT2D eigenvalue weighted by molar-refractivity contribution is 5.38. The van der Waals surface area contributed by atoms with E-state index < -0.39 is 5.60 Å². The van der Waals surface area contributed by atoms with Gasteiger partial charge in [0.1, 0.15) is 11.4 Å². The topological polar surface area (TPSA) is 20.2 Å². The van der Waals surface area contributed by atoms with Gasteiger partial charge in [0.25, 0.3) is 0 Å². The lowest BCUT2D eigenvalue weighted by atomic mass is 9.83. The minimum absolute atomic E-state index is 0.322.